The van der Waals surface area contributed by atoms with Crippen molar-refractivity contribution in [3.8, 4) is 5.75 Å². The van der Waals surface area contributed by atoms with Crippen LogP contribution in [0.3, 0.4) is 0 Å². The van der Waals surface area contributed by atoms with Crippen molar-refractivity contribution in [2.45, 2.75) is 6.92 Å². The number of anilines is 2. The number of benzene rings is 2. The summed E-state index contributed by atoms with van der Waals surface area (Å²) < 4.78 is 0. The molecule has 1 fully saturated rings. The van der Waals surface area contributed by atoms with E-state index in [1.165, 1.54) is 0 Å². The Hall–Kier alpha value is -2.24. The molecular formula is C19H22ClN3O2. The van der Waals surface area contributed by atoms with Crippen LogP contribution in [-0.4, -0.2) is 48.6 Å². The third-order valence-corrected chi connectivity index (χ3v) is 4.91. The molecule has 2 N–H and O–H groups in total. The van der Waals surface area contributed by atoms with Crippen LogP contribution in [0.1, 0.15) is 5.56 Å². The first-order valence-electron chi connectivity index (χ1n) is 8.34. The van der Waals surface area contributed by atoms with Gasteiger partial charge in [0.05, 0.1) is 6.54 Å². The Balaban J connectivity index is 1.51. The van der Waals surface area contributed by atoms with Crippen molar-refractivity contribution in [2.24, 2.45) is 0 Å². The lowest BCUT2D eigenvalue weighted by atomic mass is 10.2. The van der Waals surface area contributed by atoms with Gasteiger partial charge in [-0.2, -0.15) is 0 Å². The normalized spacial score (nSPS) is 15.2. The van der Waals surface area contributed by atoms with Crippen molar-refractivity contribution < 1.29 is 9.90 Å². The second kappa shape index (κ2) is 7.76. The molecule has 0 spiro atoms. The van der Waals surface area contributed by atoms with Crippen LogP contribution >= 0.6 is 11.6 Å². The number of amides is 1. The second-order valence-electron chi connectivity index (χ2n) is 6.24. The lowest BCUT2D eigenvalue weighted by Crippen LogP contribution is -2.48. The Morgan fingerprint density at radius 2 is 1.80 bits per heavy atom. The van der Waals surface area contributed by atoms with Gasteiger partial charge in [0.2, 0.25) is 5.91 Å². The van der Waals surface area contributed by atoms with E-state index < -0.39 is 0 Å². The van der Waals surface area contributed by atoms with Gasteiger partial charge in [-0.15, -0.1) is 0 Å². The Kier molecular flexibility index (Phi) is 5.46. The van der Waals surface area contributed by atoms with Crippen molar-refractivity contribution in [1.82, 2.24) is 4.90 Å². The zero-order valence-electron chi connectivity index (χ0n) is 14.2. The van der Waals surface area contributed by atoms with E-state index in [1.807, 2.05) is 37.3 Å². The molecule has 3 rings (SSSR count). The fourth-order valence-electron chi connectivity index (χ4n) is 2.96. The molecule has 6 heteroatoms. The minimum absolute atomic E-state index is 0.0246. The molecule has 0 aliphatic carbocycles. The first-order chi connectivity index (χ1) is 12.0. The van der Waals surface area contributed by atoms with Crippen molar-refractivity contribution in [1.29, 1.82) is 0 Å². The van der Waals surface area contributed by atoms with Crippen LogP contribution in [0.15, 0.2) is 42.5 Å². The molecule has 0 radical (unpaired) electrons. The zero-order valence-corrected chi connectivity index (χ0v) is 15.0. The van der Waals surface area contributed by atoms with Crippen LogP contribution in [0.4, 0.5) is 11.4 Å². The number of nitrogens with one attached hydrogen (secondary N) is 1. The van der Waals surface area contributed by atoms with Crippen molar-refractivity contribution in [2.75, 3.05) is 42.9 Å². The predicted octanol–water partition coefficient (Wildman–Crippen LogP) is 3.11. The SMILES string of the molecule is Cc1c(Cl)cccc1NC(=O)CN1CCN(c2ccc(O)cc2)CC1. The monoisotopic (exact) mass is 359 g/mol. The summed E-state index contributed by atoms with van der Waals surface area (Å²) in [5.74, 6) is 0.249. The summed E-state index contributed by atoms with van der Waals surface area (Å²) >= 11 is 6.09. The highest BCUT2D eigenvalue weighted by molar-refractivity contribution is 6.31. The van der Waals surface area contributed by atoms with Gasteiger partial charge in [-0.1, -0.05) is 17.7 Å². The molecule has 1 amide bonds. The van der Waals surface area contributed by atoms with Crippen LogP contribution in [0, 0.1) is 6.92 Å². The van der Waals surface area contributed by atoms with Crippen LogP contribution in [-0.2, 0) is 4.79 Å². The number of nitrogens with zero attached hydrogens (tertiary/aromatic N) is 2. The maximum Gasteiger partial charge on any atom is 0.238 e. The molecule has 0 atom stereocenters. The molecule has 0 bridgehead atoms. The molecule has 0 saturated carbocycles. The maximum absolute atomic E-state index is 12.3. The lowest BCUT2D eigenvalue weighted by Gasteiger charge is -2.35. The van der Waals surface area contributed by atoms with Gasteiger partial charge in [-0.05, 0) is 48.9 Å². The molecule has 1 aliphatic heterocycles. The second-order valence-corrected chi connectivity index (χ2v) is 6.65. The topological polar surface area (TPSA) is 55.8 Å². The van der Waals surface area contributed by atoms with Crippen LogP contribution in [0.2, 0.25) is 5.02 Å². The molecule has 2 aromatic rings. The van der Waals surface area contributed by atoms with Crippen LogP contribution in [0.5, 0.6) is 5.75 Å². The molecular weight excluding hydrogens is 338 g/mol. The number of halogens is 1. The van der Waals surface area contributed by atoms with E-state index in [9.17, 15) is 9.90 Å². The molecule has 1 heterocycles. The largest absolute Gasteiger partial charge is 0.508 e. The third-order valence-electron chi connectivity index (χ3n) is 4.50. The van der Waals surface area contributed by atoms with E-state index in [0.29, 0.717) is 11.6 Å². The van der Waals surface area contributed by atoms with Gasteiger partial charge in [0, 0.05) is 42.6 Å². The molecule has 1 saturated heterocycles. The zero-order chi connectivity index (χ0) is 17.8. The predicted molar refractivity (Wildman–Crippen MR) is 102 cm³/mol. The van der Waals surface area contributed by atoms with Crippen LogP contribution in [0.25, 0.3) is 0 Å². The molecule has 0 aromatic heterocycles. The highest BCUT2D eigenvalue weighted by Gasteiger charge is 2.19. The fraction of sp³-hybridized carbons (Fsp3) is 0.316. The average Bonchev–Trinajstić information content (AvgIpc) is 2.60. The van der Waals surface area contributed by atoms with Gasteiger partial charge in [0.1, 0.15) is 5.75 Å². The summed E-state index contributed by atoms with van der Waals surface area (Å²) in [7, 11) is 0. The van der Waals surface area contributed by atoms with Gasteiger partial charge in [-0.3, -0.25) is 9.69 Å². The lowest BCUT2D eigenvalue weighted by molar-refractivity contribution is -0.117. The first-order valence-corrected chi connectivity index (χ1v) is 8.72. The van der Waals surface area contributed by atoms with Gasteiger partial charge in [0.25, 0.3) is 0 Å². The molecule has 132 valence electrons. The van der Waals surface area contributed by atoms with E-state index >= 15 is 0 Å². The number of carbonyl (C=O) groups is 1. The Morgan fingerprint density at radius 1 is 1.12 bits per heavy atom. The van der Waals surface area contributed by atoms with Crippen molar-refractivity contribution in [3.63, 3.8) is 0 Å². The number of hydrogen-bond acceptors (Lipinski definition) is 4. The van der Waals surface area contributed by atoms with E-state index in [1.54, 1.807) is 12.1 Å². The van der Waals surface area contributed by atoms with E-state index in [-0.39, 0.29) is 11.7 Å². The van der Waals surface area contributed by atoms with E-state index in [2.05, 4.69) is 15.1 Å². The Morgan fingerprint density at radius 3 is 2.48 bits per heavy atom. The highest BCUT2D eigenvalue weighted by Crippen LogP contribution is 2.23. The Labute approximate surface area is 152 Å². The van der Waals surface area contributed by atoms with Gasteiger partial charge in [-0.25, -0.2) is 0 Å². The first kappa shape index (κ1) is 17.6. The minimum atomic E-state index is -0.0246. The quantitative estimate of drug-likeness (QED) is 0.880. The van der Waals surface area contributed by atoms with Gasteiger partial charge >= 0.3 is 0 Å². The molecule has 2 aromatic carbocycles. The van der Waals surface area contributed by atoms with Gasteiger partial charge < -0.3 is 15.3 Å². The number of aromatic hydroxyl groups is 1. The number of phenols is 1. The number of phenolic OH excluding ortho intramolecular Hbond substituents is 1. The summed E-state index contributed by atoms with van der Waals surface area (Å²) in [4.78, 5) is 16.7. The molecule has 1 aliphatic rings. The maximum atomic E-state index is 12.3. The summed E-state index contributed by atoms with van der Waals surface area (Å²) in [6.07, 6.45) is 0. The highest BCUT2D eigenvalue weighted by atomic mass is 35.5. The van der Waals surface area contributed by atoms with Crippen LogP contribution < -0.4 is 10.2 Å². The van der Waals surface area contributed by atoms with E-state index in [4.69, 9.17) is 11.6 Å². The summed E-state index contributed by atoms with van der Waals surface area (Å²) in [5.41, 5.74) is 2.74. The number of rotatable bonds is 4. The third kappa shape index (κ3) is 4.44. The fourth-order valence-corrected chi connectivity index (χ4v) is 3.14. The van der Waals surface area contributed by atoms with Crippen molar-refractivity contribution >= 4 is 28.9 Å². The smallest absolute Gasteiger partial charge is 0.238 e. The molecule has 0 unspecified atom stereocenters. The molecule has 5 nitrogen and oxygen atoms in total. The number of hydrogen-bond donors (Lipinski definition) is 2. The number of carbonyl (C=O) groups excluding carboxylic acids is 1. The van der Waals surface area contributed by atoms with Gasteiger partial charge in [0.15, 0.2) is 0 Å². The Bertz CT molecular complexity index is 741. The summed E-state index contributed by atoms with van der Waals surface area (Å²) in [5, 5.41) is 13.0. The van der Waals surface area contributed by atoms with E-state index in [0.717, 1.165) is 43.1 Å². The van der Waals surface area contributed by atoms with Crippen molar-refractivity contribution in [3.05, 3.63) is 53.1 Å². The average molecular weight is 360 g/mol. The molecule has 25 heavy (non-hydrogen) atoms. The summed E-state index contributed by atoms with van der Waals surface area (Å²) in [6.45, 7) is 5.62. The summed E-state index contributed by atoms with van der Waals surface area (Å²) in [6, 6.07) is 12.7. The standard InChI is InChI=1S/C19H22ClN3O2/c1-14-17(20)3-2-4-18(14)21-19(25)13-22-9-11-23(12-10-22)15-5-7-16(24)8-6-15/h2-8,24H,9-13H2,1H3,(H,21,25). The minimum Gasteiger partial charge on any atom is -0.508 e. The number of piperazine rings is 1.